The molecule has 0 spiro atoms. The van der Waals surface area contributed by atoms with Crippen molar-refractivity contribution in [2.75, 3.05) is 27.3 Å². The predicted molar refractivity (Wildman–Crippen MR) is 116 cm³/mol. The molecule has 1 aliphatic heterocycles. The first kappa shape index (κ1) is 22.5. The van der Waals surface area contributed by atoms with Gasteiger partial charge in [0.15, 0.2) is 11.5 Å². The van der Waals surface area contributed by atoms with Gasteiger partial charge in [-0.2, -0.15) is 0 Å². The maximum atomic E-state index is 10.6. The van der Waals surface area contributed by atoms with Crippen molar-refractivity contribution >= 4 is 12.4 Å². The standard InChI is InChI=1S/C23H31NO3.ClH/c1-15-6-7-19(12-16(15)2)21(25)9-11-24-10-8-18-13-22(26-4)23(27-5)14-20(18)17(24)3;/h6-7,12-14,17,21,25H,8-11H2,1-5H3;1H. The summed E-state index contributed by atoms with van der Waals surface area (Å²) < 4.78 is 10.9. The van der Waals surface area contributed by atoms with Crippen LogP contribution in [0.3, 0.4) is 0 Å². The summed E-state index contributed by atoms with van der Waals surface area (Å²) in [5, 5.41) is 10.6. The van der Waals surface area contributed by atoms with Crippen molar-refractivity contribution in [2.45, 2.75) is 45.8 Å². The third-order valence-corrected chi connectivity index (χ3v) is 5.92. The third-order valence-electron chi connectivity index (χ3n) is 5.92. The Labute approximate surface area is 174 Å². The Kier molecular flexibility index (Phi) is 7.76. The molecular weight excluding hydrogens is 374 g/mol. The molecule has 0 aromatic heterocycles. The van der Waals surface area contributed by atoms with E-state index in [0.29, 0.717) is 6.04 Å². The number of aryl methyl sites for hydroxylation is 2. The molecule has 0 saturated heterocycles. The van der Waals surface area contributed by atoms with Crippen LogP contribution in [0, 0.1) is 13.8 Å². The predicted octanol–water partition coefficient (Wildman–Crippen LogP) is 4.79. The monoisotopic (exact) mass is 405 g/mol. The zero-order chi connectivity index (χ0) is 19.6. The van der Waals surface area contributed by atoms with Gasteiger partial charge in [-0.3, -0.25) is 4.90 Å². The van der Waals surface area contributed by atoms with Gasteiger partial charge in [0, 0.05) is 19.1 Å². The van der Waals surface area contributed by atoms with E-state index in [1.54, 1.807) is 14.2 Å². The SMILES string of the molecule is COc1cc2c(cc1OC)C(C)N(CCC(O)c1ccc(C)c(C)c1)CC2.Cl. The van der Waals surface area contributed by atoms with Crippen LogP contribution in [0.4, 0.5) is 0 Å². The van der Waals surface area contributed by atoms with Crippen LogP contribution < -0.4 is 9.47 Å². The average molecular weight is 406 g/mol. The Morgan fingerprint density at radius 3 is 2.39 bits per heavy atom. The van der Waals surface area contributed by atoms with Crippen molar-refractivity contribution in [1.29, 1.82) is 0 Å². The van der Waals surface area contributed by atoms with E-state index in [2.05, 4.69) is 49.9 Å². The van der Waals surface area contributed by atoms with Crippen molar-refractivity contribution in [1.82, 2.24) is 4.90 Å². The van der Waals surface area contributed by atoms with Crippen molar-refractivity contribution in [2.24, 2.45) is 0 Å². The topological polar surface area (TPSA) is 41.9 Å². The number of hydrogen-bond acceptors (Lipinski definition) is 4. The lowest BCUT2D eigenvalue weighted by Gasteiger charge is -2.36. The van der Waals surface area contributed by atoms with Crippen molar-refractivity contribution in [3.05, 3.63) is 58.1 Å². The summed E-state index contributed by atoms with van der Waals surface area (Å²) in [5.74, 6) is 1.57. The first-order chi connectivity index (χ1) is 12.9. The molecule has 1 N–H and O–H groups in total. The van der Waals surface area contributed by atoms with Crippen LogP contribution in [0.2, 0.25) is 0 Å². The van der Waals surface area contributed by atoms with E-state index in [1.807, 2.05) is 6.07 Å². The highest BCUT2D eigenvalue weighted by Crippen LogP contribution is 2.38. The van der Waals surface area contributed by atoms with Crippen molar-refractivity contribution < 1.29 is 14.6 Å². The van der Waals surface area contributed by atoms with E-state index in [9.17, 15) is 5.11 Å². The van der Waals surface area contributed by atoms with Crippen LogP contribution in [-0.4, -0.2) is 37.3 Å². The maximum Gasteiger partial charge on any atom is 0.161 e. The number of methoxy groups -OCH3 is 2. The molecule has 1 heterocycles. The van der Waals surface area contributed by atoms with Gasteiger partial charge in [-0.05, 0) is 73.6 Å². The van der Waals surface area contributed by atoms with Gasteiger partial charge in [-0.25, -0.2) is 0 Å². The summed E-state index contributed by atoms with van der Waals surface area (Å²) in [5.41, 5.74) is 6.12. The number of benzene rings is 2. The zero-order valence-electron chi connectivity index (χ0n) is 17.5. The second kappa shape index (κ2) is 9.64. The van der Waals surface area contributed by atoms with Gasteiger partial charge in [0.25, 0.3) is 0 Å². The number of halogens is 1. The van der Waals surface area contributed by atoms with Crippen molar-refractivity contribution in [3.8, 4) is 11.5 Å². The molecule has 2 unspecified atom stereocenters. The first-order valence-corrected chi connectivity index (χ1v) is 9.68. The van der Waals surface area contributed by atoms with E-state index >= 15 is 0 Å². The van der Waals surface area contributed by atoms with Crippen LogP contribution in [0.25, 0.3) is 0 Å². The number of ether oxygens (including phenoxy) is 2. The lowest BCUT2D eigenvalue weighted by molar-refractivity contribution is 0.123. The highest BCUT2D eigenvalue weighted by molar-refractivity contribution is 5.85. The van der Waals surface area contributed by atoms with Gasteiger partial charge in [0.2, 0.25) is 0 Å². The van der Waals surface area contributed by atoms with Crippen LogP contribution in [0.5, 0.6) is 11.5 Å². The molecule has 4 nitrogen and oxygen atoms in total. The lowest BCUT2D eigenvalue weighted by atomic mass is 9.92. The Hall–Kier alpha value is -1.75. The molecule has 1 aliphatic rings. The molecule has 0 aliphatic carbocycles. The fourth-order valence-electron chi connectivity index (χ4n) is 3.93. The summed E-state index contributed by atoms with van der Waals surface area (Å²) in [6, 6.07) is 10.7. The number of aliphatic hydroxyl groups is 1. The first-order valence-electron chi connectivity index (χ1n) is 9.68. The number of fused-ring (bicyclic) bond motifs is 1. The molecule has 0 bridgehead atoms. The van der Waals surface area contributed by atoms with Crippen LogP contribution in [0.1, 0.15) is 53.3 Å². The van der Waals surface area contributed by atoms with Crippen LogP contribution in [-0.2, 0) is 6.42 Å². The van der Waals surface area contributed by atoms with E-state index in [0.717, 1.165) is 43.0 Å². The highest BCUT2D eigenvalue weighted by Gasteiger charge is 2.26. The van der Waals surface area contributed by atoms with Gasteiger partial charge in [0.05, 0.1) is 20.3 Å². The molecule has 2 atom stereocenters. The molecule has 0 fully saturated rings. The van der Waals surface area contributed by atoms with Gasteiger partial charge < -0.3 is 14.6 Å². The Balaban J connectivity index is 0.00000280. The minimum Gasteiger partial charge on any atom is -0.493 e. The van der Waals surface area contributed by atoms with Gasteiger partial charge >= 0.3 is 0 Å². The normalized spacial score (nSPS) is 17.4. The second-order valence-corrected chi connectivity index (χ2v) is 7.52. The van der Waals surface area contributed by atoms with Crippen molar-refractivity contribution in [3.63, 3.8) is 0 Å². The minimum atomic E-state index is -0.427. The Morgan fingerprint density at radius 1 is 1.07 bits per heavy atom. The molecule has 3 rings (SSSR count). The van der Waals surface area contributed by atoms with Crippen LogP contribution >= 0.6 is 12.4 Å². The fourth-order valence-corrected chi connectivity index (χ4v) is 3.93. The number of aliphatic hydroxyl groups excluding tert-OH is 1. The molecule has 2 aromatic carbocycles. The average Bonchev–Trinajstić information content (AvgIpc) is 2.68. The molecule has 2 aromatic rings. The third kappa shape index (κ3) is 4.62. The molecule has 0 amide bonds. The number of rotatable bonds is 6. The quantitative estimate of drug-likeness (QED) is 0.750. The summed E-state index contributed by atoms with van der Waals surface area (Å²) >= 11 is 0. The van der Waals surface area contributed by atoms with E-state index < -0.39 is 6.10 Å². The highest BCUT2D eigenvalue weighted by atomic mass is 35.5. The lowest BCUT2D eigenvalue weighted by Crippen LogP contribution is -2.35. The molecule has 5 heteroatoms. The Morgan fingerprint density at radius 2 is 1.75 bits per heavy atom. The second-order valence-electron chi connectivity index (χ2n) is 7.52. The van der Waals surface area contributed by atoms with Gasteiger partial charge in [0.1, 0.15) is 0 Å². The van der Waals surface area contributed by atoms with E-state index in [4.69, 9.17) is 9.47 Å². The largest absolute Gasteiger partial charge is 0.493 e. The smallest absolute Gasteiger partial charge is 0.161 e. The molecule has 28 heavy (non-hydrogen) atoms. The molecule has 0 radical (unpaired) electrons. The van der Waals surface area contributed by atoms with E-state index in [-0.39, 0.29) is 12.4 Å². The Bertz CT molecular complexity index is 809. The zero-order valence-corrected chi connectivity index (χ0v) is 18.3. The molecule has 154 valence electrons. The van der Waals surface area contributed by atoms with Gasteiger partial charge in [-0.1, -0.05) is 18.2 Å². The van der Waals surface area contributed by atoms with E-state index in [1.165, 1.54) is 22.3 Å². The number of nitrogens with zero attached hydrogens (tertiary/aromatic N) is 1. The summed E-state index contributed by atoms with van der Waals surface area (Å²) in [7, 11) is 3.35. The summed E-state index contributed by atoms with van der Waals surface area (Å²) in [6.07, 6.45) is 1.29. The maximum absolute atomic E-state index is 10.6. The fraction of sp³-hybridized carbons (Fsp3) is 0.478. The molecule has 0 saturated carbocycles. The minimum absolute atomic E-state index is 0. The number of hydrogen-bond donors (Lipinski definition) is 1. The van der Waals surface area contributed by atoms with Crippen LogP contribution in [0.15, 0.2) is 30.3 Å². The summed E-state index contributed by atoms with van der Waals surface area (Å²) in [4.78, 5) is 2.44. The van der Waals surface area contributed by atoms with Gasteiger partial charge in [-0.15, -0.1) is 12.4 Å². The summed E-state index contributed by atoms with van der Waals surface area (Å²) in [6.45, 7) is 8.27. The molecular formula is C23H32ClNO3.